The molecular weight excluding hydrogens is 265 g/mol. The molecule has 2 aromatic rings. The Morgan fingerprint density at radius 2 is 2.21 bits per heavy atom. The van der Waals surface area contributed by atoms with Crippen molar-refractivity contribution in [3.05, 3.63) is 46.5 Å². The molecule has 1 heterocycles. The Morgan fingerprint density at radius 3 is 2.89 bits per heavy atom. The van der Waals surface area contributed by atoms with Gasteiger partial charge in [0, 0.05) is 17.8 Å². The third-order valence-electron chi connectivity index (χ3n) is 3.00. The van der Waals surface area contributed by atoms with Gasteiger partial charge in [0.05, 0.1) is 16.9 Å². The maximum absolute atomic E-state index is 13.2. The van der Waals surface area contributed by atoms with Crippen LogP contribution in [0.4, 0.5) is 4.39 Å². The molecule has 0 atom stereocenters. The van der Waals surface area contributed by atoms with Gasteiger partial charge in [-0.15, -0.1) is 0 Å². The summed E-state index contributed by atoms with van der Waals surface area (Å²) in [6.07, 6.45) is 2.93. The van der Waals surface area contributed by atoms with Crippen LogP contribution < -0.4 is 5.32 Å². The first-order valence-electron chi connectivity index (χ1n) is 6.33. The number of halogens is 2. The van der Waals surface area contributed by atoms with Gasteiger partial charge in [-0.3, -0.25) is 0 Å². The minimum atomic E-state index is -0.417. The molecular formula is C14H17ClFN3. The van der Waals surface area contributed by atoms with Crippen LogP contribution in [0.5, 0.6) is 0 Å². The monoisotopic (exact) mass is 281 g/mol. The number of hydrogen-bond donors (Lipinski definition) is 1. The molecule has 0 fully saturated rings. The Bertz CT molecular complexity index is 566. The smallest absolute Gasteiger partial charge is 0.141 e. The Kier molecular flexibility index (Phi) is 4.56. The summed E-state index contributed by atoms with van der Waals surface area (Å²) in [4.78, 5) is 0. The Labute approximate surface area is 117 Å². The minimum Gasteiger partial charge on any atom is -0.313 e. The highest BCUT2D eigenvalue weighted by Gasteiger charge is 2.09. The van der Waals surface area contributed by atoms with Gasteiger partial charge in [-0.05, 0) is 38.1 Å². The molecule has 1 aromatic heterocycles. The van der Waals surface area contributed by atoms with Crippen molar-refractivity contribution in [2.75, 3.05) is 6.54 Å². The van der Waals surface area contributed by atoms with Crippen molar-refractivity contribution < 1.29 is 4.39 Å². The zero-order valence-electron chi connectivity index (χ0n) is 11.1. The highest BCUT2D eigenvalue weighted by molar-refractivity contribution is 6.30. The van der Waals surface area contributed by atoms with E-state index >= 15 is 0 Å². The summed E-state index contributed by atoms with van der Waals surface area (Å²) in [6.45, 7) is 5.89. The molecule has 1 aromatic carbocycles. The summed E-state index contributed by atoms with van der Waals surface area (Å²) in [5.74, 6) is -0.417. The molecule has 0 aliphatic rings. The number of nitrogens with zero attached hydrogens (tertiary/aromatic N) is 2. The second kappa shape index (κ2) is 6.17. The SMILES string of the molecule is CCCNCc1cnn(-c2ccc(F)c(Cl)c2)c1C. The van der Waals surface area contributed by atoms with E-state index in [9.17, 15) is 4.39 Å². The second-order valence-electron chi connectivity index (χ2n) is 4.44. The van der Waals surface area contributed by atoms with E-state index in [1.807, 2.05) is 13.1 Å². The van der Waals surface area contributed by atoms with E-state index in [0.717, 1.165) is 36.5 Å². The molecule has 0 spiro atoms. The van der Waals surface area contributed by atoms with Crippen LogP contribution in [-0.2, 0) is 6.54 Å². The molecule has 0 radical (unpaired) electrons. The highest BCUT2D eigenvalue weighted by atomic mass is 35.5. The van der Waals surface area contributed by atoms with Gasteiger partial charge in [-0.25, -0.2) is 9.07 Å². The van der Waals surface area contributed by atoms with Crippen molar-refractivity contribution in [2.45, 2.75) is 26.8 Å². The molecule has 1 N–H and O–H groups in total. The molecule has 3 nitrogen and oxygen atoms in total. The molecule has 0 aliphatic carbocycles. The van der Waals surface area contributed by atoms with Crippen LogP contribution in [0.15, 0.2) is 24.4 Å². The lowest BCUT2D eigenvalue weighted by molar-refractivity contribution is 0.627. The van der Waals surface area contributed by atoms with Gasteiger partial charge in [0.1, 0.15) is 5.82 Å². The van der Waals surface area contributed by atoms with E-state index in [1.54, 1.807) is 16.8 Å². The molecule has 0 saturated heterocycles. The molecule has 0 unspecified atom stereocenters. The average molecular weight is 282 g/mol. The maximum atomic E-state index is 13.2. The van der Waals surface area contributed by atoms with E-state index in [-0.39, 0.29) is 5.02 Å². The standard InChI is InChI=1S/C14H17ClFN3/c1-3-6-17-8-11-9-18-19(10(11)2)12-4-5-14(16)13(15)7-12/h4-5,7,9,17H,3,6,8H2,1-2H3. The van der Waals surface area contributed by atoms with Crippen LogP contribution in [-0.4, -0.2) is 16.3 Å². The zero-order valence-corrected chi connectivity index (χ0v) is 11.8. The summed E-state index contributed by atoms with van der Waals surface area (Å²) in [5, 5.41) is 7.78. The van der Waals surface area contributed by atoms with Crippen LogP contribution in [0.3, 0.4) is 0 Å². The van der Waals surface area contributed by atoms with Crippen molar-refractivity contribution in [1.82, 2.24) is 15.1 Å². The van der Waals surface area contributed by atoms with Gasteiger partial charge in [0.25, 0.3) is 0 Å². The summed E-state index contributed by atoms with van der Waals surface area (Å²) in [5.41, 5.74) is 2.94. The van der Waals surface area contributed by atoms with Gasteiger partial charge >= 0.3 is 0 Å². The molecule has 19 heavy (non-hydrogen) atoms. The predicted octanol–water partition coefficient (Wildman–Crippen LogP) is 3.47. The van der Waals surface area contributed by atoms with Gasteiger partial charge in [0.15, 0.2) is 0 Å². The van der Waals surface area contributed by atoms with Crippen LogP contribution in [0.1, 0.15) is 24.6 Å². The molecule has 0 aliphatic heterocycles. The number of nitrogens with one attached hydrogen (secondary N) is 1. The average Bonchev–Trinajstić information content (AvgIpc) is 2.75. The minimum absolute atomic E-state index is 0.109. The van der Waals surface area contributed by atoms with Crippen LogP contribution in [0.2, 0.25) is 5.02 Å². The summed E-state index contributed by atoms with van der Waals surface area (Å²) in [7, 11) is 0. The summed E-state index contributed by atoms with van der Waals surface area (Å²) < 4.78 is 14.9. The highest BCUT2D eigenvalue weighted by Crippen LogP contribution is 2.20. The topological polar surface area (TPSA) is 29.9 Å². The van der Waals surface area contributed by atoms with Crippen molar-refractivity contribution >= 4 is 11.6 Å². The van der Waals surface area contributed by atoms with Crippen LogP contribution in [0, 0.1) is 12.7 Å². The van der Waals surface area contributed by atoms with Gasteiger partial charge in [0.2, 0.25) is 0 Å². The van der Waals surface area contributed by atoms with E-state index < -0.39 is 5.82 Å². The summed E-state index contributed by atoms with van der Waals surface area (Å²) in [6, 6.07) is 4.61. The molecule has 2 rings (SSSR count). The van der Waals surface area contributed by atoms with E-state index in [4.69, 9.17) is 11.6 Å². The van der Waals surface area contributed by atoms with Crippen molar-refractivity contribution in [3.63, 3.8) is 0 Å². The first kappa shape index (κ1) is 14.0. The van der Waals surface area contributed by atoms with E-state index in [0.29, 0.717) is 0 Å². The van der Waals surface area contributed by atoms with E-state index in [1.165, 1.54) is 6.07 Å². The number of benzene rings is 1. The third kappa shape index (κ3) is 3.14. The number of hydrogen-bond acceptors (Lipinski definition) is 2. The first-order chi connectivity index (χ1) is 9.13. The van der Waals surface area contributed by atoms with Crippen molar-refractivity contribution in [1.29, 1.82) is 0 Å². The fraction of sp³-hybridized carbons (Fsp3) is 0.357. The fourth-order valence-electron chi connectivity index (χ4n) is 1.89. The molecule has 5 heteroatoms. The van der Waals surface area contributed by atoms with Gasteiger partial charge in [-0.1, -0.05) is 18.5 Å². The van der Waals surface area contributed by atoms with Crippen molar-refractivity contribution in [3.8, 4) is 5.69 Å². The first-order valence-corrected chi connectivity index (χ1v) is 6.71. The Hall–Kier alpha value is -1.39. The third-order valence-corrected chi connectivity index (χ3v) is 3.29. The predicted molar refractivity (Wildman–Crippen MR) is 75.3 cm³/mol. The molecule has 0 saturated carbocycles. The molecule has 0 bridgehead atoms. The largest absolute Gasteiger partial charge is 0.313 e. The normalized spacial score (nSPS) is 10.9. The fourth-order valence-corrected chi connectivity index (χ4v) is 2.07. The summed E-state index contributed by atoms with van der Waals surface area (Å²) >= 11 is 5.80. The Balaban J connectivity index is 2.23. The van der Waals surface area contributed by atoms with E-state index in [2.05, 4.69) is 17.3 Å². The molecule has 102 valence electrons. The molecule has 0 amide bonds. The van der Waals surface area contributed by atoms with Crippen LogP contribution >= 0.6 is 11.6 Å². The lowest BCUT2D eigenvalue weighted by Crippen LogP contribution is -2.14. The Morgan fingerprint density at radius 1 is 1.42 bits per heavy atom. The lowest BCUT2D eigenvalue weighted by Gasteiger charge is -2.07. The van der Waals surface area contributed by atoms with Crippen LogP contribution in [0.25, 0.3) is 5.69 Å². The lowest BCUT2D eigenvalue weighted by atomic mass is 10.2. The zero-order chi connectivity index (χ0) is 13.8. The maximum Gasteiger partial charge on any atom is 0.141 e. The van der Waals surface area contributed by atoms with Gasteiger partial charge in [-0.2, -0.15) is 5.10 Å². The van der Waals surface area contributed by atoms with Crippen molar-refractivity contribution in [2.24, 2.45) is 0 Å². The number of aromatic nitrogens is 2. The number of rotatable bonds is 5. The van der Waals surface area contributed by atoms with Gasteiger partial charge < -0.3 is 5.32 Å². The quantitative estimate of drug-likeness (QED) is 0.851. The second-order valence-corrected chi connectivity index (χ2v) is 4.85.